The number of esters is 1. The number of halogens is 3. The molecule has 0 aromatic rings. The van der Waals surface area contributed by atoms with Crippen molar-refractivity contribution < 1.29 is 22.7 Å². The summed E-state index contributed by atoms with van der Waals surface area (Å²) in [5.74, 6) is -0.664. The van der Waals surface area contributed by atoms with Gasteiger partial charge in [0.2, 0.25) is 0 Å². The van der Waals surface area contributed by atoms with Gasteiger partial charge >= 0.3 is 12.1 Å². The Balaban J connectivity index is 2.10. The maximum atomic E-state index is 12.5. The average molecular weight is 237 g/mol. The Morgan fingerprint density at radius 3 is 2.38 bits per heavy atom. The Bertz CT molecular complexity index is 295. The van der Waals surface area contributed by atoms with E-state index in [1.165, 1.54) is 0 Å². The second-order valence-electron chi connectivity index (χ2n) is 4.72. The van der Waals surface area contributed by atoms with Crippen LogP contribution in [0.3, 0.4) is 0 Å². The molecule has 0 N–H and O–H groups in total. The van der Waals surface area contributed by atoms with Gasteiger partial charge in [0.1, 0.15) is 0 Å². The second kappa shape index (κ2) is 3.61. The molecular formula is C10H14F3NO2. The van der Waals surface area contributed by atoms with Crippen LogP contribution in [0.4, 0.5) is 13.2 Å². The Morgan fingerprint density at radius 1 is 1.38 bits per heavy atom. The lowest BCUT2D eigenvalue weighted by atomic mass is 9.76. The van der Waals surface area contributed by atoms with E-state index >= 15 is 0 Å². The highest BCUT2D eigenvalue weighted by Gasteiger charge is 2.58. The number of cyclic esters (lactones) is 1. The van der Waals surface area contributed by atoms with Crippen LogP contribution in [0, 0.1) is 5.41 Å². The van der Waals surface area contributed by atoms with Crippen molar-refractivity contribution in [1.29, 1.82) is 0 Å². The van der Waals surface area contributed by atoms with Gasteiger partial charge < -0.3 is 9.64 Å². The SMILES string of the molecule is CN1CCC2(CC1)CC(C(F)(F)F)OC2=O. The monoisotopic (exact) mass is 237 g/mol. The van der Waals surface area contributed by atoms with Gasteiger partial charge in [0.25, 0.3) is 0 Å². The summed E-state index contributed by atoms with van der Waals surface area (Å²) in [4.78, 5) is 13.6. The number of likely N-dealkylation sites (tertiary alicyclic amines) is 1. The van der Waals surface area contributed by atoms with Crippen molar-refractivity contribution in [2.75, 3.05) is 20.1 Å². The van der Waals surface area contributed by atoms with Crippen LogP contribution in [0.2, 0.25) is 0 Å². The number of hydrogen-bond acceptors (Lipinski definition) is 3. The molecule has 0 aromatic heterocycles. The molecule has 2 saturated heterocycles. The number of alkyl halides is 3. The van der Waals surface area contributed by atoms with Crippen molar-refractivity contribution in [2.24, 2.45) is 5.41 Å². The molecule has 0 bridgehead atoms. The fraction of sp³-hybridized carbons (Fsp3) is 0.900. The van der Waals surface area contributed by atoms with Crippen molar-refractivity contribution in [3.05, 3.63) is 0 Å². The molecule has 92 valence electrons. The van der Waals surface area contributed by atoms with Gasteiger partial charge in [-0.15, -0.1) is 0 Å². The summed E-state index contributed by atoms with van der Waals surface area (Å²) in [7, 11) is 1.90. The summed E-state index contributed by atoms with van der Waals surface area (Å²) < 4.78 is 41.9. The quantitative estimate of drug-likeness (QED) is 0.599. The zero-order chi connectivity index (χ0) is 12.0. The molecule has 1 atom stereocenters. The van der Waals surface area contributed by atoms with Gasteiger partial charge in [-0.3, -0.25) is 4.79 Å². The normalized spacial score (nSPS) is 30.8. The first-order chi connectivity index (χ1) is 7.33. The fourth-order valence-electron chi connectivity index (χ4n) is 2.37. The van der Waals surface area contributed by atoms with Crippen LogP contribution < -0.4 is 0 Å². The molecule has 0 aromatic carbocycles. The smallest absolute Gasteiger partial charge is 0.425 e. The molecule has 2 aliphatic heterocycles. The lowest BCUT2D eigenvalue weighted by Crippen LogP contribution is -2.40. The zero-order valence-corrected chi connectivity index (χ0v) is 9.01. The first kappa shape index (κ1) is 11.7. The molecule has 2 heterocycles. The van der Waals surface area contributed by atoms with Crippen molar-refractivity contribution >= 4 is 5.97 Å². The molecule has 2 fully saturated rings. The molecule has 0 aliphatic carbocycles. The van der Waals surface area contributed by atoms with E-state index in [0.717, 1.165) is 0 Å². The third-order valence-electron chi connectivity index (χ3n) is 3.57. The molecule has 16 heavy (non-hydrogen) atoms. The third-order valence-corrected chi connectivity index (χ3v) is 3.57. The topological polar surface area (TPSA) is 29.5 Å². The molecule has 6 heteroatoms. The lowest BCUT2D eigenvalue weighted by Gasteiger charge is -2.34. The van der Waals surface area contributed by atoms with Crippen LogP contribution in [0.15, 0.2) is 0 Å². The van der Waals surface area contributed by atoms with E-state index in [0.29, 0.717) is 25.9 Å². The van der Waals surface area contributed by atoms with Gasteiger partial charge in [-0.2, -0.15) is 13.2 Å². The van der Waals surface area contributed by atoms with Crippen LogP contribution in [-0.4, -0.2) is 43.3 Å². The summed E-state index contributed by atoms with van der Waals surface area (Å²) in [6.07, 6.45) is -5.60. The molecule has 0 amide bonds. The number of nitrogens with zero attached hydrogens (tertiary/aromatic N) is 1. The Labute approximate surface area is 91.5 Å². The molecule has 0 saturated carbocycles. The summed E-state index contributed by atoms with van der Waals surface area (Å²) in [6.45, 7) is 1.30. The summed E-state index contributed by atoms with van der Waals surface area (Å²) in [5.41, 5.74) is -0.882. The largest absolute Gasteiger partial charge is 0.452 e. The van der Waals surface area contributed by atoms with E-state index in [1.807, 2.05) is 11.9 Å². The lowest BCUT2D eigenvalue weighted by molar-refractivity contribution is -0.209. The van der Waals surface area contributed by atoms with Crippen molar-refractivity contribution in [1.82, 2.24) is 4.90 Å². The minimum atomic E-state index is -4.43. The highest BCUT2D eigenvalue weighted by molar-refractivity contribution is 5.79. The van der Waals surface area contributed by atoms with E-state index in [9.17, 15) is 18.0 Å². The Morgan fingerprint density at radius 2 is 1.94 bits per heavy atom. The van der Waals surface area contributed by atoms with Gasteiger partial charge in [-0.1, -0.05) is 0 Å². The van der Waals surface area contributed by atoms with Crippen LogP contribution in [0.1, 0.15) is 19.3 Å². The maximum Gasteiger partial charge on any atom is 0.425 e. The highest BCUT2D eigenvalue weighted by atomic mass is 19.4. The van der Waals surface area contributed by atoms with E-state index in [-0.39, 0.29) is 6.42 Å². The van der Waals surface area contributed by atoms with Crippen LogP contribution in [-0.2, 0) is 9.53 Å². The van der Waals surface area contributed by atoms with E-state index < -0.39 is 23.7 Å². The standard InChI is InChI=1S/C10H14F3NO2/c1-14-4-2-9(3-5-14)6-7(10(11,12)13)16-8(9)15/h7H,2-6H2,1H3. The fourth-order valence-corrected chi connectivity index (χ4v) is 2.37. The van der Waals surface area contributed by atoms with Crippen LogP contribution in [0.5, 0.6) is 0 Å². The van der Waals surface area contributed by atoms with Gasteiger partial charge in [0, 0.05) is 6.42 Å². The van der Waals surface area contributed by atoms with E-state index in [2.05, 4.69) is 4.74 Å². The summed E-state index contributed by atoms with van der Waals surface area (Å²) in [5, 5.41) is 0. The maximum absolute atomic E-state index is 12.5. The minimum Gasteiger partial charge on any atom is -0.452 e. The predicted molar refractivity (Wildman–Crippen MR) is 49.7 cm³/mol. The van der Waals surface area contributed by atoms with Gasteiger partial charge in [0.05, 0.1) is 5.41 Å². The van der Waals surface area contributed by atoms with Gasteiger partial charge in [-0.25, -0.2) is 0 Å². The van der Waals surface area contributed by atoms with Crippen LogP contribution in [0.25, 0.3) is 0 Å². The van der Waals surface area contributed by atoms with Crippen molar-refractivity contribution in [3.8, 4) is 0 Å². The van der Waals surface area contributed by atoms with Crippen LogP contribution >= 0.6 is 0 Å². The number of carbonyl (C=O) groups is 1. The number of ether oxygens (including phenoxy) is 1. The number of hydrogen-bond donors (Lipinski definition) is 0. The molecule has 3 nitrogen and oxygen atoms in total. The van der Waals surface area contributed by atoms with E-state index in [4.69, 9.17) is 0 Å². The Kier molecular flexibility index (Phi) is 2.64. The van der Waals surface area contributed by atoms with E-state index in [1.54, 1.807) is 0 Å². The summed E-state index contributed by atoms with van der Waals surface area (Å²) in [6, 6.07) is 0. The zero-order valence-electron chi connectivity index (χ0n) is 9.01. The molecular weight excluding hydrogens is 223 g/mol. The van der Waals surface area contributed by atoms with Gasteiger partial charge in [-0.05, 0) is 33.0 Å². The predicted octanol–water partition coefficient (Wildman–Crippen LogP) is 1.58. The molecule has 1 spiro atoms. The number of carbonyl (C=O) groups excluding carboxylic acids is 1. The van der Waals surface area contributed by atoms with Crippen molar-refractivity contribution in [2.45, 2.75) is 31.5 Å². The third kappa shape index (κ3) is 1.90. The molecule has 2 rings (SSSR count). The van der Waals surface area contributed by atoms with Crippen molar-refractivity contribution in [3.63, 3.8) is 0 Å². The summed E-state index contributed by atoms with van der Waals surface area (Å²) >= 11 is 0. The molecule has 2 aliphatic rings. The molecule has 0 radical (unpaired) electrons. The number of piperidine rings is 1. The first-order valence-electron chi connectivity index (χ1n) is 5.30. The minimum absolute atomic E-state index is 0.205. The first-order valence-corrected chi connectivity index (χ1v) is 5.30. The second-order valence-corrected chi connectivity index (χ2v) is 4.72. The molecule has 1 unspecified atom stereocenters. The number of rotatable bonds is 0. The Hall–Kier alpha value is -0.780. The average Bonchev–Trinajstić information content (AvgIpc) is 2.50. The highest BCUT2D eigenvalue weighted by Crippen LogP contribution is 2.46. The van der Waals surface area contributed by atoms with Gasteiger partial charge in [0.15, 0.2) is 6.10 Å².